The van der Waals surface area contributed by atoms with E-state index in [1.54, 1.807) is 41.3 Å². The van der Waals surface area contributed by atoms with Crippen molar-refractivity contribution < 1.29 is 18.7 Å². The molecule has 1 saturated heterocycles. The zero-order valence-corrected chi connectivity index (χ0v) is 14.6. The van der Waals surface area contributed by atoms with E-state index in [-0.39, 0.29) is 23.7 Å². The lowest BCUT2D eigenvalue weighted by Gasteiger charge is -2.33. The van der Waals surface area contributed by atoms with E-state index in [1.807, 2.05) is 0 Å². The molecule has 1 aliphatic rings. The third kappa shape index (κ3) is 4.67. The molecule has 1 fully saturated rings. The van der Waals surface area contributed by atoms with Crippen molar-refractivity contribution in [1.82, 2.24) is 4.90 Å². The Morgan fingerprint density at radius 3 is 2.73 bits per heavy atom. The Morgan fingerprint density at radius 2 is 2.00 bits per heavy atom. The number of hydrogen-bond donors (Lipinski definition) is 1. The smallest absolute Gasteiger partial charge is 0.254 e. The summed E-state index contributed by atoms with van der Waals surface area (Å²) < 4.78 is 18.8. The van der Waals surface area contributed by atoms with Gasteiger partial charge in [0.1, 0.15) is 5.82 Å². The van der Waals surface area contributed by atoms with Crippen molar-refractivity contribution >= 4 is 17.5 Å². The summed E-state index contributed by atoms with van der Waals surface area (Å²) in [7, 11) is 0. The Morgan fingerprint density at radius 1 is 1.23 bits per heavy atom. The first-order valence-electron chi connectivity index (χ1n) is 8.54. The van der Waals surface area contributed by atoms with E-state index in [4.69, 9.17) is 4.74 Å². The van der Waals surface area contributed by atoms with Crippen LogP contribution in [0.15, 0.2) is 48.5 Å². The van der Waals surface area contributed by atoms with Gasteiger partial charge in [-0.05, 0) is 35.9 Å². The highest BCUT2D eigenvalue weighted by Crippen LogP contribution is 2.17. The maximum absolute atomic E-state index is 13.0. The second kappa shape index (κ2) is 8.10. The second-order valence-electron chi connectivity index (χ2n) is 6.34. The molecule has 26 heavy (non-hydrogen) atoms. The number of nitrogens with one attached hydrogen (secondary N) is 1. The second-order valence-corrected chi connectivity index (χ2v) is 6.34. The minimum atomic E-state index is -0.269. The van der Waals surface area contributed by atoms with Gasteiger partial charge in [-0.25, -0.2) is 4.39 Å². The number of nitrogens with zero attached hydrogens (tertiary/aromatic N) is 1. The number of carbonyl (C=O) groups is 2. The van der Waals surface area contributed by atoms with Gasteiger partial charge in [0.15, 0.2) is 0 Å². The minimum absolute atomic E-state index is 0.0930. The average Bonchev–Trinajstić information content (AvgIpc) is 2.63. The van der Waals surface area contributed by atoms with E-state index in [0.29, 0.717) is 37.4 Å². The first-order chi connectivity index (χ1) is 12.5. The Bertz CT molecular complexity index is 792. The number of ether oxygens (including phenoxy) is 1. The molecule has 1 aliphatic heterocycles. The Kier molecular flexibility index (Phi) is 5.63. The molecule has 0 aromatic heterocycles. The molecule has 2 amide bonds. The fraction of sp³-hybridized carbons (Fsp3) is 0.300. The zero-order chi connectivity index (χ0) is 18.5. The standard InChI is InChI=1S/C20H21FN2O3/c1-14(24)22-18-4-2-3-16(12-18)20(25)23-9-10-26-19(13-23)11-15-5-7-17(21)8-6-15/h2-8,12,19H,9-11,13H2,1H3,(H,22,24). The van der Waals surface area contributed by atoms with E-state index in [0.717, 1.165) is 5.56 Å². The summed E-state index contributed by atoms with van der Waals surface area (Å²) in [6.45, 7) is 2.88. The number of amides is 2. The summed E-state index contributed by atoms with van der Waals surface area (Å²) in [5.74, 6) is -0.542. The van der Waals surface area contributed by atoms with E-state index in [9.17, 15) is 14.0 Å². The van der Waals surface area contributed by atoms with Crippen molar-refractivity contribution in [3.8, 4) is 0 Å². The molecule has 0 bridgehead atoms. The van der Waals surface area contributed by atoms with Crippen molar-refractivity contribution in [3.05, 3.63) is 65.5 Å². The molecule has 1 N–H and O–H groups in total. The van der Waals surface area contributed by atoms with Crippen molar-refractivity contribution in [2.75, 3.05) is 25.0 Å². The fourth-order valence-electron chi connectivity index (χ4n) is 3.03. The Balaban J connectivity index is 1.66. The maximum Gasteiger partial charge on any atom is 0.254 e. The molecular formula is C20H21FN2O3. The van der Waals surface area contributed by atoms with E-state index in [1.165, 1.54) is 19.1 Å². The SMILES string of the molecule is CC(=O)Nc1cccc(C(=O)N2CCOC(Cc3ccc(F)cc3)C2)c1. The molecule has 1 atom stereocenters. The van der Waals surface area contributed by atoms with Crippen molar-refractivity contribution in [2.45, 2.75) is 19.4 Å². The number of benzene rings is 2. The summed E-state index contributed by atoms with van der Waals surface area (Å²) in [5.41, 5.74) is 2.09. The third-order valence-electron chi connectivity index (χ3n) is 4.23. The van der Waals surface area contributed by atoms with Crippen LogP contribution in [-0.2, 0) is 16.0 Å². The van der Waals surface area contributed by atoms with Gasteiger partial charge in [0, 0.05) is 37.7 Å². The van der Waals surface area contributed by atoms with Gasteiger partial charge < -0.3 is 15.0 Å². The van der Waals surface area contributed by atoms with E-state index >= 15 is 0 Å². The predicted molar refractivity (Wildman–Crippen MR) is 96.5 cm³/mol. The summed E-state index contributed by atoms with van der Waals surface area (Å²) in [6.07, 6.45) is 0.493. The number of halogens is 1. The zero-order valence-electron chi connectivity index (χ0n) is 14.6. The molecule has 1 heterocycles. The number of carbonyl (C=O) groups excluding carboxylic acids is 2. The first-order valence-corrected chi connectivity index (χ1v) is 8.54. The van der Waals surface area contributed by atoms with Gasteiger partial charge in [0.05, 0.1) is 12.7 Å². The average molecular weight is 356 g/mol. The lowest BCUT2D eigenvalue weighted by atomic mass is 10.1. The molecule has 0 aliphatic carbocycles. The number of hydrogen-bond acceptors (Lipinski definition) is 3. The Hall–Kier alpha value is -2.73. The normalized spacial score (nSPS) is 17.0. The van der Waals surface area contributed by atoms with Crippen LogP contribution in [0.2, 0.25) is 0 Å². The molecule has 1 unspecified atom stereocenters. The number of morpholine rings is 1. The quantitative estimate of drug-likeness (QED) is 0.916. The highest BCUT2D eigenvalue weighted by molar-refractivity contribution is 5.96. The molecule has 0 radical (unpaired) electrons. The highest BCUT2D eigenvalue weighted by Gasteiger charge is 2.25. The van der Waals surface area contributed by atoms with Gasteiger partial charge in [-0.3, -0.25) is 9.59 Å². The third-order valence-corrected chi connectivity index (χ3v) is 4.23. The van der Waals surface area contributed by atoms with Gasteiger partial charge in [0.2, 0.25) is 5.91 Å². The van der Waals surface area contributed by atoms with Crippen molar-refractivity contribution in [3.63, 3.8) is 0 Å². The molecule has 0 saturated carbocycles. The number of anilines is 1. The van der Waals surface area contributed by atoms with Crippen LogP contribution in [0.3, 0.4) is 0 Å². The van der Waals surface area contributed by atoms with Crippen LogP contribution in [0.25, 0.3) is 0 Å². The summed E-state index contributed by atoms with van der Waals surface area (Å²) in [5, 5.41) is 2.68. The summed E-state index contributed by atoms with van der Waals surface area (Å²) in [4.78, 5) is 25.7. The lowest BCUT2D eigenvalue weighted by molar-refractivity contribution is -0.114. The maximum atomic E-state index is 13.0. The lowest BCUT2D eigenvalue weighted by Crippen LogP contribution is -2.46. The predicted octanol–water partition coefficient (Wildman–Crippen LogP) is 2.87. The summed E-state index contributed by atoms with van der Waals surface area (Å²) in [6, 6.07) is 13.2. The van der Waals surface area contributed by atoms with E-state index < -0.39 is 0 Å². The van der Waals surface area contributed by atoms with Crippen molar-refractivity contribution in [1.29, 1.82) is 0 Å². The Labute approximate surface area is 151 Å². The van der Waals surface area contributed by atoms with Gasteiger partial charge in [-0.2, -0.15) is 0 Å². The van der Waals surface area contributed by atoms with Crippen LogP contribution in [0, 0.1) is 5.82 Å². The monoisotopic (exact) mass is 356 g/mol. The first kappa shape index (κ1) is 18.1. The molecule has 2 aromatic rings. The van der Waals surface area contributed by atoms with Crippen LogP contribution < -0.4 is 5.32 Å². The van der Waals surface area contributed by atoms with Crippen LogP contribution in [0.1, 0.15) is 22.8 Å². The highest BCUT2D eigenvalue weighted by atomic mass is 19.1. The van der Waals surface area contributed by atoms with Crippen LogP contribution in [-0.4, -0.2) is 42.5 Å². The topological polar surface area (TPSA) is 58.6 Å². The molecular weight excluding hydrogens is 335 g/mol. The molecule has 6 heteroatoms. The van der Waals surface area contributed by atoms with Crippen LogP contribution in [0.5, 0.6) is 0 Å². The largest absolute Gasteiger partial charge is 0.374 e. The van der Waals surface area contributed by atoms with Crippen LogP contribution in [0.4, 0.5) is 10.1 Å². The minimum Gasteiger partial charge on any atom is -0.374 e. The summed E-state index contributed by atoms with van der Waals surface area (Å²) >= 11 is 0. The molecule has 136 valence electrons. The van der Waals surface area contributed by atoms with Crippen molar-refractivity contribution in [2.24, 2.45) is 0 Å². The van der Waals surface area contributed by atoms with Gasteiger partial charge in [-0.1, -0.05) is 18.2 Å². The fourth-order valence-corrected chi connectivity index (χ4v) is 3.03. The van der Waals surface area contributed by atoms with Crippen LogP contribution >= 0.6 is 0 Å². The van der Waals surface area contributed by atoms with Gasteiger partial charge in [-0.15, -0.1) is 0 Å². The van der Waals surface area contributed by atoms with Gasteiger partial charge in [0.25, 0.3) is 5.91 Å². The number of rotatable bonds is 4. The van der Waals surface area contributed by atoms with E-state index in [2.05, 4.69) is 5.32 Å². The molecule has 0 spiro atoms. The molecule has 5 nitrogen and oxygen atoms in total. The molecule has 2 aromatic carbocycles. The molecule has 3 rings (SSSR count). The van der Waals surface area contributed by atoms with Gasteiger partial charge >= 0.3 is 0 Å².